The van der Waals surface area contributed by atoms with Gasteiger partial charge >= 0.3 is 3.93 Å². The van der Waals surface area contributed by atoms with E-state index in [0.29, 0.717) is 0 Å². The Hall–Kier alpha value is -0.690. The number of hydrogen-bond acceptors (Lipinski definition) is 2. The van der Waals surface area contributed by atoms with Gasteiger partial charge in [0.25, 0.3) is 0 Å². The van der Waals surface area contributed by atoms with E-state index < -0.39 is 9.53 Å². The van der Waals surface area contributed by atoms with Crippen LogP contribution in [0.5, 0.6) is 5.75 Å². The van der Waals surface area contributed by atoms with Crippen molar-refractivity contribution in [2.45, 2.75) is 16.0 Å². The van der Waals surface area contributed by atoms with Crippen molar-refractivity contribution in [2.75, 3.05) is 7.11 Å². The second-order valence-electron chi connectivity index (χ2n) is 3.55. The lowest BCUT2D eigenvalue weighted by atomic mass is 9.90. The van der Waals surface area contributed by atoms with Crippen LogP contribution < -0.4 is 4.74 Å². The summed E-state index contributed by atoms with van der Waals surface area (Å²) in [7, 11) is 1.37. The highest BCUT2D eigenvalue weighted by Crippen LogP contribution is 2.47. The molecule has 2 nitrogen and oxygen atoms in total. The van der Waals surface area contributed by atoms with Crippen LogP contribution >= 0.6 is 22.6 Å². The number of para-hydroxylation sites is 1. The molecule has 0 aliphatic heterocycles. The van der Waals surface area contributed by atoms with E-state index in [1.807, 2.05) is 0 Å². The fraction of sp³-hybridized carbons (Fsp3) is 0.333. The van der Waals surface area contributed by atoms with E-state index in [9.17, 15) is 13.9 Å². The second-order valence-corrected chi connectivity index (χ2v) is 4.91. The van der Waals surface area contributed by atoms with Crippen molar-refractivity contribution in [2.24, 2.45) is 0 Å². The lowest BCUT2D eigenvalue weighted by Gasteiger charge is -2.32. The molecule has 0 heterocycles. The number of alkyl halides is 3. The van der Waals surface area contributed by atoms with Crippen LogP contribution in [0, 0.1) is 0 Å². The summed E-state index contributed by atoms with van der Waals surface area (Å²) in [5.74, 6) is 0.230. The topological polar surface area (TPSA) is 29.5 Å². The van der Waals surface area contributed by atoms with Gasteiger partial charge in [-0.2, -0.15) is 8.78 Å². The summed E-state index contributed by atoms with van der Waals surface area (Å²) in [5.41, 5.74) is -2.26. The molecule has 1 atom stereocenters. The first-order valence-electron chi connectivity index (χ1n) is 4.90. The van der Waals surface area contributed by atoms with Crippen LogP contribution in [0.25, 0.3) is 0 Å². The Kier molecular flexibility index (Phi) is 4.48. The van der Waals surface area contributed by atoms with E-state index in [4.69, 9.17) is 4.74 Å². The Morgan fingerprint density at radius 3 is 2.53 bits per heavy atom. The van der Waals surface area contributed by atoms with Crippen LogP contribution in [-0.4, -0.2) is 16.1 Å². The molecular weight excluding hydrogens is 341 g/mol. The third kappa shape index (κ3) is 2.77. The molecule has 0 saturated heterocycles. The molecule has 1 rings (SSSR count). The van der Waals surface area contributed by atoms with Gasteiger partial charge in [-0.25, -0.2) is 0 Å². The Balaban J connectivity index is 3.37. The Bertz CT molecular complexity index is 404. The fourth-order valence-corrected chi connectivity index (χ4v) is 2.08. The van der Waals surface area contributed by atoms with Crippen molar-refractivity contribution >= 4 is 22.6 Å². The molecule has 0 radical (unpaired) electrons. The Morgan fingerprint density at radius 2 is 2.06 bits per heavy atom. The minimum absolute atomic E-state index is 0.0572. The van der Waals surface area contributed by atoms with Crippen LogP contribution in [0.3, 0.4) is 0 Å². The lowest BCUT2D eigenvalue weighted by Crippen LogP contribution is -2.40. The van der Waals surface area contributed by atoms with Crippen molar-refractivity contribution in [3.8, 4) is 5.75 Å². The van der Waals surface area contributed by atoms with E-state index in [1.165, 1.54) is 25.3 Å². The van der Waals surface area contributed by atoms with Crippen molar-refractivity contribution in [1.82, 2.24) is 0 Å². The summed E-state index contributed by atoms with van der Waals surface area (Å²) in [4.78, 5) is 0. The van der Waals surface area contributed by atoms with Crippen molar-refractivity contribution in [1.29, 1.82) is 0 Å². The van der Waals surface area contributed by atoms with Gasteiger partial charge in [0, 0.05) is 34.6 Å². The first-order chi connectivity index (χ1) is 7.86. The van der Waals surface area contributed by atoms with E-state index in [1.54, 1.807) is 12.1 Å². The molecule has 0 saturated carbocycles. The highest BCUT2D eigenvalue weighted by Gasteiger charge is 2.52. The molecule has 1 aromatic rings. The van der Waals surface area contributed by atoms with Gasteiger partial charge in [0.15, 0.2) is 5.60 Å². The number of rotatable bonds is 5. The SMILES string of the molecule is C=CCC(O)(c1ccccc1OC)C(F)(F)I. The second kappa shape index (κ2) is 5.30. The van der Waals surface area contributed by atoms with Gasteiger partial charge in [0.2, 0.25) is 0 Å². The molecule has 0 amide bonds. The van der Waals surface area contributed by atoms with Gasteiger partial charge in [-0.1, -0.05) is 24.3 Å². The summed E-state index contributed by atoms with van der Waals surface area (Å²) < 4.78 is 28.9. The van der Waals surface area contributed by atoms with Crippen LogP contribution in [-0.2, 0) is 5.60 Å². The molecule has 0 aliphatic rings. The van der Waals surface area contributed by atoms with Crippen molar-refractivity contribution in [3.63, 3.8) is 0 Å². The average Bonchev–Trinajstić information content (AvgIpc) is 2.27. The number of ether oxygens (including phenoxy) is 1. The third-order valence-corrected chi connectivity index (χ3v) is 3.35. The molecule has 17 heavy (non-hydrogen) atoms. The number of methoxy groups -OCH3 is 1. The van der Waals surface area contributed by atoms with E-state index in [0.717, 1.165) is 22.6 Å². The van der Waals surface area contributed by atoms with E-state index >= 15 is 0 Å². The normalized spacial score (nSPS) is 15.1. The molecule has 0 aliphatic carbocycles. The van der Waals surface area contributed by atoms with Crippen molar-refractivity contribution < 1.29 is 18.6 Å². The molecule has 94 valence electrons. The fourth-order valence-electron chi connectivity index (χ4n) is 1.57. The number of aliphatic hydroxyl groups is 1. The number of hydrogen-bond donors (Lipinski definition) is 1. The summed E-state index contributed by atoms with van der Waals surface area (Å²) >= 11 is 0.929. The predicted octanol–water partition coefficient (Wildman–Crippen LogP) is 3.49. The van der Waals surface area contributed by atoms with Crippen molar-refractivity contribution in [3.05, 3.63) is 42.5 Å². The minimum atomic E-state index is -3.33. The largest absolute Gasteiger partial charge is 0.496 e. The maximum Gasteiger partial charge on any atom is 0.328 e. The lowest BCUT2D eigenvalue weighted by molar-refractivity contribution is -0.113. The first kappa shape index (κ1) is 14.4. The van der Waals surface area contributed by atoms with Crippen LogP contribution in [0.15, 0.2) is 36.9 Å². The van der Waals surface area contributed by atoms with Gasteiger partial charge in [-0.05, 0) is 6.07 Å². The standard InChI is InChI=1S/C12H13F2IO2/c1-3-8-11(16,12(13,14)15)9-6-4-5-7-10(9)17-2/h3-7,16H,1,8H2,2H3. The first-order valence-corrected chi connectivity index (χ1v) is 5.98. The molecule has 1 aromatic carbocycles. The van der Waals surface area contributed by atoms with Gasteiger partial charge in [0.05, 0.1) is 7.11 Å². The smallest absolute Gasteiger partial charge is 0.328 e. The molecule has 5 heteroatoms. The quantitative estimate of drug-likeness (QED) is 0.498. The predicted molar refractivity (Wildman–Crippen MR) is 70.7 cm³/mol. The number of benzene rings is 1. The zero-order valence-corrected chi connectivity index (χ0v) is 11.4. The summed E-state index contributed by atoms with van der Waals surface area (Å²) in [6.45, 7) is 3.40. The minimum Gasteiger partial charge on any atom is -0.496 e. The summed E-state index contributed by atoms with van der Waals surface area (Å²) in [5, 5.41) is 10.2. The maximum absolute atomic E-state index is 13.6. The average molecular weight is 354 g/mol. The van der Waals surface area contributed by atoms with Gasteiger partial charge in [0.1, 0.15) is 5.75 Å². The molecule has 0 fully saturated rings. The van der Waals surface area contributed by atoms with E-state index in [2.05, 4.69) is 6.58 Å². The molecule has 0 aromatic heterocycles. The van der Waals surface area contributed by atoms with Gasteiger partial charge in [-0.3, -0.25) is 0 Å². The molecule has 0 spiro atoms. The van der Waals surface area contributed by atoms with E-state index in [-0.39, 0.29) is 17.7 Å². The molecule has 1 N–H and O–H groups in total. The summed E-state index contributed by atoms with van der Waals surface area (Å²) in [6, 6.07) is 6.19. The monoisotopic (exact) mass is 354 g/mol. The highest BCUT2D eigenvalue weighted by molar-refractivity contribution is 14.1. The zero-order chi connectivity index (χ0) is 13.1. The van der Waals surface area contributed by atoms with Crippen LogP contribution in [0.4, 0.5) is 8.78 Å². The molecule has 1 unspecified atom stereocenters. The van der Waals surface area contributed by atoms with Gasteiger partial charge < -0.3 is 9.84 Å². The summed E-state index contributed by atoms with van der Waals surface area (Å²) in [6.07, 6.45) is 1.00. The number of halogens is 3. The van der Waals surface area contributed by atoms with Crippen LogP contribution in [0.2, 0.25) is 0 Å². The Morgan fingerprint density at radius 1 is 1.47 bits per heavy atom. The van der Waals surface area contributed by atoms with Crippen LogP contribution in [0.1, 0.15) is 12.0 Å². The zero-order valence-electron chi connectivity index (χ0n) is 9.29. The molecular formula is C12H13F2IO2. The third-order valence-electron chi connectivity index (χ3n) is 2.46. The Labute approximate surface area is 112 Å². The maximum atomic E-state index is 13.6. The van der Waals surface area contributed by atoms with Gasteiger partial charge in [-0.15, -0.1) is 6.58 Å². The molecule has 0 bridgehead atoms. The highest BCUT2D eigenvalue weighted by atomic mass is 127.